The smallest absolute Gasteiger partial charge is 0.336 e. The van der Waals surface area contributed by atoms with Gasteiger partial charge in [-0.2, -0.15) is 0 Å². The van der Waals surface area contributed by atoms with Crippen LogP contribution in [0, 0.1) is 0 Å². The average molecular weight is 180 g/mol. The average Bonchev–Trinajstić information content (AvgIpc) is 2.03. The minimum atomic E-state index is -1.12. The van der Waals surface area contributed by atoms with Gasteiger partial charge >= 0.3 is 5.97 Å². The van der Waals surface area contributed by atoms with Gasteiger partial charge < -0.3 is 5.11 Å². The molecule has 0 aromatic carbocycles. The van der Waals surface area contributed by atoms with Crippen molar-refractivity contribution >= 4 is 11.8 Å². The lowest BCUT2D eigenvalue weighted by atomic mass is 10.0. The van der Waals surface area contributed by atoms with E-state index < -0.39 is 5.97 Å². The molecule has 0 aliphatic rings. The van der Waals surface area contributed by atoms with Crippen LogP contribution in [0.15, 0.2) is 36.0 Å². The summed E-state index contributed by atoms with van der Waals surface area (Å²) in [5.74, 6) is -1.39. The van der Waals surface area contributed by atoms with Gasteiger partial charge in [0.15, 0.2) is 5.78 Å². The quantitative estimate of drug-likeness (QED) is 0.529. The predicted octanol–water partition coefficient (Wildman–Crippen LogP) is 1.72. The summed E-state index contributed by atoms with van der Waals surface area (Å²) in [6, 6.07) is 0. The van der Waals surface area contributed by atoms with Crippen molar-refractivity contribution in [1.29, 1.82) is 0 Å². The summed E-state index contributed by atoms with van der Waals surface area (Å²) in [7, 11) is 0. The van der Waals surface area contributed by atoms with E-state index >= 15 is 0 Å². The Morgan fingerprint density at radius 3 is 2.08 bits per heavy atom. The number of carboxylic acids is 1. The van der Waals surface area contributed by atoms with Crippen molar-refractivity contribution < 1.29 is 14.7 Å². The van der Waals surface area contributed by atoms with Crippen LogP contribution in [0.5, 0.6) is 0 Å². The highest BCUT2D eigenvalue weighted by Crippen LogP contribution is 2.11. The van der Waals surface area contributed by atoms with E-state index in [4.69, 9.17) is 5.11 Å². The first kappa shape index (κ1) is 11.4. The first-order valence-electron chi connectivity index (χ1n) is 3.78. The third-order valence-corrected chi connectivity index (χ3v) is 1.47. The molecule has 0 aliphatic heterocycles. The Morgan fingerprint density at radius 2 is 1.85 bits per heavy atom. The zero-order valence-electron chi connectivity index (χ0n) is 7.70. The molecular weight excluding hydrogens is 168 g/mol. The Morgan fingerprint density at radius 1 is 1.31 bits per heavy atom. The molecule has 0 rings (SSSR count). The van der Waals surface area contributed by atoms with Gasteiger partial charge in [-0.3, -0.25) is 4.79 Å². The summed E-state index contributed by atoms with van der Waals surface area (Å²) in [4.78, 5) is 21.7. The number of carbonyl (C=O) groups is 2. The number of aliphatic carboxylic acids is 1. The third-order valence-electron chi connectivity index (χ3n) is 1.47. The molecule has 0 amide bonds. The molecule has 0 heterocycles. The van der Waals surface area contributed by atoms with E-state index in [2.05, 4.69) is 6.58 Å². The Hall–Kier alpha value is -1.64. The van der Waals surface area contributed by atoms with E-state index in [1.54, 1.807) is 6.92 Å². The van der Waals surface area contributed by atoms with Crippen LogP contribution in [0.3, 0.4) is 0 Å². The van der Waals surface area contributed by atoms with Gasteiger partial charge in [0.2, 0.25) is 0 Å². The second-order valence-electron chi connectivity index (χ2n) is 2.38. The first-order chi connectivity index (χ1) is 6.04. The number of carboxylic acid groups (broad SMARTS) is 1. The monoisotopic (exact) mass is 180 g/mol. The molecule has 0 radical (unpaired) electrons. The molecule has 13 heavy (non-hydrogen) atoms. The number of Topliss-reactive ketones (excluding diaryl/α,β-unsaturated/α-hetero) is 1. The standard InChI is InChI=1S/C10H12O3/c1-4-6-9(10(12)13)8(5-2)7(3)11/h4-6H,1H2,2-3H3,(H,12,13)/b8-5-,9-6+. The van der Waals surface area contributed by atoms with E-state index in [1.807, 2.05) is 0 Å². The summed E-state index contributed by atoms with van der Waals surface area (Å²) in [5.41, 5.74) is 0.178. The molecule has 70 valence electrons. The van der Waals surface area contributed by atoms with Crippen molar-refractivity contribution in [2.75, 3.05) is 0 Å². The molecule has 0 saturated carbocycles. The van der Waals surface area contributed by atoms with Crippen LogP contribution >= 0.6 is 0 Å². The van der Waals surface area contributed by atoms with E-state index in [9.17, 15) is 9.59 Å². The van der Waals surface area contributed by atoms with Crippen LogP contribution in [0.1, 0.15) is 13.8 Å². The zero-order chi connectivity index (χ0) is 10.4. The second-order valence-corrected chi connectivity index (χ2v) is 2.38. The van der Waals surface area contributed by atoms with Gasteiger partial charge in [-0.15, -0.1) is 0 Å². The summed E-state index contributed by atoms with van der Waals surface area (Å²) in [5, 5.41) is 8.75. The highest BCUT2D eigenvalue weighted by atomic mass is 16.4. The molecule has 0 saturated heterocycles. The molecule has 0 bridgehead atoms. The molecule has 0 aromatic heterocycles. The van der Waals surface area contributed by atoms with Gasteiger partial charge in [0.25, 0.3) is 0 Å². The molecule has 1 N–H and O–H groups in total. The highest BCUT2D eigenvalue weighted by molar-refractivity contribution is 6.08. The lowest BCUT2D eigenvalue weighted by molar-refractivity contribution is -0.132. The fourth-order valence-electron chi connectivity index (χ4n) is 0.943. The number of hydrogen-bond acceptors (Lipinski definition) is 2. The Balaban J connectivity index is 5.17. The van der Waals surface area contributed by atoms with Crippen LogP contribution in [0.4, 0.5) is 0 Å². The van der Waals surface area contributed by atoms with E-state index in [0.29, 0.717) is 0 Å². The van der Waals surface area contributed by atoms with Crippen molar-refractivity contribution in [3.05, 3.63) is 36.0 Å². The van der Waals surface area contributed by atoms with Gasteiger partial charge in [0.1, 0.15) is 0 Å². The second kappa shape index (κ2) is 5.09. The maximum Gasteiger partial charge on any atom is 0.336 e. The predicted molar refractivity (Wildman–Crippen MR) is 50.4 cm³/mol. The summed E-state index contributed by atoms with van der Waals surface area (Å²) >= 11 is 0. The van der Waals surface area contributed by atoms with Gasteiger partial charge in [-0.05, 0) is 19.9 Å². The van der Waals surface area contributed by atoms with E-state index in [-0.39, 0.29) is 16.9 Å². The van der Waals surface area contributed by atoms with Gasteiger partial charge in [0.05, 0.1) is 5.57 Å². The van der Waals surface area contributed by atoms with Gasteiger partial charge in [-0.25, -0.2) is 4.79 Å². The Bertz CT molecular complexity index is 295. The van der Waals surface area contributed by atoms with Crippen molar-refractivity contribution in [2.45, 2.75) is 13.8 Å². The summed E-state index contributed by atoms with van der Waals surface area (Å²) in [6.45, 7) is 6.33. The molecule has 3 nitrogen and oxygen atoms in total. The van der Waals surface area contributed by atoms with Gasteiger partial charge in [0, 0.05) is 5.57 Å². The number of hydrogen-bond donors (Lipinski definition) is 1. The molecule has 0 aliphatic carbocycles. The van der Waals surface area contributed by atoms with Crippen LogP contribution in [-0.4, -0.2) is 16.9 Å². The zero-order valence-corrected chi connectivity index (χ0v) is 7.70. The maximum atomic E-state index is 11.0. The Kier molecular flexibility index (Phi) is 4.44. The van der Waals surface area contributed by atoms with Crippen molar-refractivity contribution in [1.82, 2.24) is 0 Å². The first-order valence-corrected chi connectivity index (χ1v) is 3.78. The number of allylic oxidation sites excluding steroid dienone is 3. The van der Waals surface area contributed by atoms with Crippen LogP contribution in [0.2, 0.25) is 0 Å². The fraction of sp³-hybridized carbons (Fsp3) is 0.200. The number of ketones is 1. The largest absolute Gasteiger partial charge is 0.478 e. The number of rotatable bonds is 4. The Labute approximate surface area is 77.1 Å². The molecule has 0 aromatic rings. The highest BCUT2D eigenvalue weighted by Gasteiger charge is 2.14. The van der Waals surface area contributed by atoms with Crippen molar-refractivity contribution in [3.63, 3.8) is 0 Å². The lowest BCUT2D eigenvalue weighted by Crippen LogP contribution is -2.09. The fourth-order valence-corrected chi connectivity index (χ4v) is 0.943. The van der Waals surface area contributed by atoms with E-state index in [1.165, 1.54) is 25.2 Å². The SMILES string of the molecule is C=C/C=C(C(=O)O)\C(=C/C)C(C)=O. The number of carbonyl (C=O) groups excluding carboxylic acids is 1. The minimum absolute atomic E-state index is 0.0231. The molecular formula is C10H12O3. The lowest BCUT2D eigenvalue weighted by Gasteiger charge is -2.02. The van der Waals surface area contributed by atoms with Crippen molar-refractivity contribution in [2.24, 2.45) is 0 Å². The molecule has 3 heteroatoms. The maximum absolute atomic E-state index is 11.0. The van der Waals surface area contributed by atoms with Crippen molar-refractivity contribution in [3.8, 4) is 0 Å². The van der Waals surface area contributed by atoms with Gasteiger partial charge in [-0.1, -0.05) is 18.7 Å². The van der Waals surface area contributed by atoms with Crippen LogP contribution in [-0.2, 0) is 9.59 Å². The molecule has 0 fully saturated rings. The molecule has 0 spiro atoms. The molecule has 0 atom stereocenters. The summed E-state index contributed by atoms with van der Waals surface area (Å²) < 4.78 is 0. The molecule has 0 unspecified atom stereocenters. The van der Waals surface area contributed by atoms with Crippen LogP contribution < -0.4 is 0 Å². The van der Waals surface area contributed by atoms with E-state index in [0.717, 1.165) is 0 Å². The topological polar surface area (TPSA) is 54.4 Å². The van der Waals surface area contributed by atoms with Crippen LogP contribution in [0.25, 0.3) is 0 Å². The minimum Gasteiger partial charge on any atom is -0.478 e. The third kappa shape index (κ3) is 3.07. The normalized spacial score (nSPS) is 12.5. The summed E-state index contributed by atoms with van der Waals surface area (Å²) in [6.07, 6.45) is 4.13.